The van der Waals surface area contributed by atoms with Gasteiger partial charge in [0.1, 0.15) is 6.10 Å². The Kier molecular flexibility index (Phi) is 5.49. The number of nitrogens with one attached hydrogen (secondary N) is 1. The van der Waals surface area contributed by atoms with Gasteiger partial charge in [-0.15, -0.1) is 0 Å². The zero-order chi connectivity index (χ0) is 15.4. The molecule has 2 N–H and O–H groups in total. The average Bonchev–Trinajstić information content (AvgIpc) is 3.03. The van der Waals surface area contributed by atoms with Crippen LogP contribution in [0.1, 0.15) is 32.1 Å². The molecule has 2 fully saturated rings. The van der Waals surface area contributed by atoms with Crippen molar-refractivity contribution in [2.45, 2.75) is 44.3 Å². The lowest BCUT2D eigenvalue weighted by Gasteiger charge is -2.25. The van der Waals surface area contributed by atoms with E-state index in [9.17, 15) is 5.11 Å². The highest BCUT2D eigenvalue weighted by atomic mass is 79.9. The predicted molar refractivity (Wildman–Crippen MR) is 86.0 cm³/mol. The summed E-state index contributed by atoms with van der Waals surface area (Å²) in [4.78, 5) is 8.72. The molecule has 0 spiro atoms. The summed E-state index contributed by atoms with van der Waals surface area (Å²) in [6.07, 6.45) is 6.44. The van der Waals surface area contributed by atoms with E-state index in [4.69, 9.17) is 9.47 Å². The molecule has 1 aromatic heterocycles. The van der Waals surface area contributed by atoms with E-state index in [1.165, 1.54) is 0 Å². The summed E-state index contributed by atoms with van der Waals surface area (Å²) in [6, 6.07) is 0. The highest BCUT2D eigenvalue weighted by Gasteiger charge is 2.21. The van der Waals surface area contributed by atoms with Crippen LogP contribution in [0, 0.1) is 5.92 Å². The molecule has 0 aromatic carbocycles. The summed E-state index contributed by atoms with van der Waals surface area (Å²) < 4.78 is 11.9. The molecule has 7 heteroatoms. The van der Waals surface area contributed by atoms with Gasteiger partial charge in [0.25, 0.3) is 0 Å². The van der Waals surface area contributed by atoms with Crippen LogP contribution in [0.15, 0.2) is 10.7 Å². The van der Waals surface area contributed by atoms with E-state index in [0.29, 0.717) is 24.4 Å². The van der Waals surface area contributed by atoms with Crippen molar-refractivity contribution in [3.63, 3.8) is 0 Å². The van der Waals surface area contributed by atoms with Crippen LogP contribution in [-0.2, 0) is 4.74 Å². The summed E-state index contributed by atoms with van der Waals surface area (Å²) in [5.74, 6) is 1.72. The second kappa shape index (κ2) is 7.57. The summed E-state index contributed by atoms with van der Waals surface area (Å²) in [5.41, 5.74) is 0. The van der Waals surface area contributed by atoms with Gasteiger partial charge in [0.05, 0.1) is 30.0 Å². The van der Waals surface area contributed by atoms with Crippen LogP contribution in [0.4, 0.5) is 5.95 Å². The Morgan fingerprint density at radius 2 is 2.14 bits per heavy atom. The first-order valence-corrected chi connectivity index (χ1v) is 8.69. The van der Waals surface area contributed by atoms with Crippen molar-refractivity contribution < 1.29 is 14.6 Å². The van der Waals surface area contributed by atoms with Gasteiger partial charge in [-0.3, -0.25) is 0 Å². The standard InChI is InChI=1S/C15H22BrN3O3/c16-13-8-18-15(17-7-10-1-3-11(20)4-2-10)19-14(13)22-12-5-6-21-9-12/h8,10-12,20H,1-7,9H2,(H,17,18,19)/t10?,11?,12-/m1/s1. The maximum absolute atomic E-state index is 9.54. The summed E-state index contributed by atoms with van der Waals surface area (Å²) in [5, 5.41) is 12.8. The lowest BCUT2D eigenvalue weighted by atomic mass is 9.87. The first-order valence-electron chi connectivity index (χ1n) is 7.89. The third kappa shape index (κ3) is 4.30. The van der Waals surface area contributed by atoms with Crippen molar-refractivity contribution in [3.8, 4) is 5.88 Å². The molecule has 122 valence electrons. The van der Waals surface area contributed by atoms with Gasteiger partial charge >= 0.3 is 0 Å². The van der Waals surface area contributed by atoms with Gasteiger partial charge in [0, 0.05) is 13.0 Å². The topological polar surface area (TPSA) is 76.5 Å². The second-order valence-electron chi connectivity index (χ2n) is 6.01. The number of ether oxygens (including phenoxy) is 2. The minimum atomic E-state index is -0.117. The summed E-state index contributed by atoms with van der Waals surface area (Å²) in [6.45, 7) is 2.19. The van der Waals surface area contributed by atoms with Crippen molar-refractivity contribution >= 4 is 21.9 Å². The van der Waals surface area contributed by atoms with Crippen LogP contribution < -0.4 is 10.1 Å². The summed E-state index contributed by atoms with van der Waals surface area (Å²) >= 11 is 3.43. The number of aliphatic hydroxyl groups is 1. The molecular formula is C15H22BrN3O3. The third-order valence-electron chi connectivity index (χ3n) is 4.24. The zero-order valence-electron chi connectivity index (χ0n) is 12.5. The molecule has 2 aliphatic rings. The van der Waals surface area contributed by atoms with Crippen LogP contribution in [0.5, 0.6) is 5.88 Å². The fourth-order valence-corrected chi connectivity index (χ4v) is 3.15. The first kappa shape index (κ1) is 16.0. The first-order chi connectivity index (χ1) is 10.7. The number of aliphatic hydroxyl groups excluding tert-OH is 1. The molecule has 2 heterocycles. The van der Waals surface area contributed by atoms with E-state index in [1.807, 2.05) is 0 Å². The highest BCUT2D eigenvalue weighted by Crippen LogP contribution is 2.27. The number of nitrogens with zero attached hydrogens (tertiary/aromatic N) is 2. The van der Waals surface area contributed by atoms with Crippen molar-refractivity contribution in [2.75, 3.05) is 25.1 Å². The minimum absolute atomic E-state index is 0.0684. The minimum Gasteiger partial charge on any atom is -0.471 e. The van der Waals surface area contributed by atoms with E-state index in [-0.39, 0.29) is 12.2 Å². The fourth-order valence-electron chi connectivity index (χ4n) is 2.87. The Morgan fingerprint density at radius 1 is 1.32 bits per heavy atom. The maximum Gasteiger partial charge on any atom is 0.233 e. The van der Waals surface area contributed by atoms with Crippen molar-refractivity contribution in [3.05, 3.63) is 10.7 Å². The number of hydrogen-bond acceptors (Lipinski definition) is 6. The van der Waals surface area contributed by atoms with E-state index < -0.39 is 0 Å². The molecule has 6 nitrogen and oxygen atoms in total. The maximum atomic E-state index is 9.54. The van der Waals surface area contributed by atoms with Gasteiger partial charge in [-0.25, -0.2) is 4.98 Å². The molecule has 1 saturated carbocycles. The fraction of sp³-hybridized carbons (Fsp3) is 0.733. The van der Waals surface area contributed by atoms with Crippen LogP contribution in [0.25, 0.3) is 0 Å². The van der Waals surface area contributed by atoms with E-state index in [1.54, 1.807) is 6.20 Å². The largest absolute Gasteiger partial charge is 0.471 e. The van der Waals surface area contributed by atoms with E-state index in [0.717, 1.165) is 49.7 Å². The average molecular weight is 372 g/mol. The lowest BCUT2D eigenvalue weighted by Crippen LogP contribution is -2.24. The van der Waals surface area contributed by atoms with Crippen molar-refractivity contribution in [1.82, 2.24) is 9.97 Å². The number of halogens is 1. The Morgan fingerprint density at radius 3 is 2.86 bits per heavy atom. The number of anilines is 1. The molecule has 0 radical (unpaired) electrons. The molecule has 22 heavy (non-hydrogen) atoms. The molecule has 0 bridgehead atoms. The third-order valence-corrected chi connectivity index (χ3v) is 4.79. The van der Waals surface area contributed by atoms with E-state index >= 15 is 0 Å². The number of aromatic nitrogens is 2. The van der Waals surface area contributed by atoms with Gasteiger partial charge in [0.15, 0.2) is 0 Å². The lowest BCUT2D eigenvalue weighted by molar-refractivity contribution is 0.111. The number of rotatable bonds is 5. The van der Waals surface area contributed by atoms with Gasteiger partial charge in [-0.05, 0) is 47.5 Å². The molecular weight excluding hydrogens is 350 g/mol. The molecule has 1 atom stereocenters. The van der Waals surface area contributed by atoms with Crippen LogP contribution in [-0.4, -0.2) is 47.0 Å². The van der Waals surface area contributed by atoms with Gasteiger partial charge in [0.2, 0.25) is 11.8 Å². The van der Waals surface area contributed by atoms with Crippen LogP contribution in [0.2, 0.25) is 0 Å². The number of hydrogen-bond donors (Lipinski definition) is 2. The molecule has 0 amide bonds. The quantitative estimate of drug-likeness (QED) is 0.827. The van der Waals surface area contributed by atoms with Crippen molar-refractivity contribution in [2.24, 2.45) is 5.92 Å². The highest BCUT2D eigenvalue weighted by molar-refractivity contribution is 9.10. The Balaban J connectivity index is 1.54. The SMILES string of the molecule is OC1CCC(CNc2ncc(Br)c(O[C@@H]3CCOC3)n2)CC1. The van der Waals surface area contributed by atoms with Crippen LogP contribution in [0.3, 0.4) is 0 Å². The molecule has 1 aliphatic carbocycles. The molecule has 1 saturated heterocycles. The monoisotopic (exact) mass is 371 g/mol. The molecule has 3 rings (SSSR count). The zero-order valence-corrected chi connectivity index (χ0v) is 14.1. The molecule has 1 aliphatic heterocycles. The Bertz CT molecular complexity index is 489. The molecule has 1 aromatic rings. The molecule has 0 unspecified atom stereocenters. The van der Waals surface area contributed by atoms with Gasteiger partial charge in [-0.1, -0.05) is 0 Å². The van der Waals surface area contributed by atoms with Gasteiger partial charge in [-0.2, -0.15) is 4.98 Å². The summed E-state index contributed by atoms with van der Waals surface area (Å²) in [7, 11) is 0. The predicted octanol–water partition coefficient (Wildman–Crippen LogP) is 2.37. The van der Waals surface area contributed by atoms with Crippen LogP contribution >= 0.6 is 15.9 Å². The normalized spacial score (nSPS) is 28.5. The van der Waals surface area contributed by atoms with Gasteiger partial charge < -0.3 is 19.9 Å². The Labute approximate surface area is 138 Å². The second-order valence-corrected chi connectivity index (χ2v) is 6.86. The van der Waals surface area contributed by atoms with Crippen molar-refractivity contribution in [1.29, 1.82) is 0 Å². The van der Waals surface area contributed by atoms with E-state index in [2.05, 4.69) is 31.2 Å². The smallest absolute Gasteiger partial charge is 0.233 e. The Hall–Kier alpha value is -0.920.